The number of hydrogen-bond acceptors (Lipinski definition) is 5. The lowest BCUT2D eigenvalue weighted by molar-refractivity contribution is 0.0853. The Balaban J connectivity index is 2.58. The lowest BCUT2D eigenvalue weighted by Gasteiger charge is -2.17. The van der Waals surface area contributed by atoms with Crippen molar-refractivity contribution in [2.45, 2.75) is 39.9 Å². The summed E-state index contributed by atoms with van der Waals surface area (Å²) in [5, 5.41) is 13.4. The molecule has 2 atom stereocenters. The number of aliphatic hydroxyl groups is 1. The number of rotatable bonds is 7. The van der Waals surface area contributed by atoms with Gasteiger partial charge in [-0.2, -0.15) is 0 Å². The van der Waals surface area contributed by atoms with E-state index in [0.717, 1.165) is 11.4 Å². The number of ether oxygens (including phenoxy) is 1. The first-order chi connectivity index (χ1) is 8.99. The molecule has 1 aromatic rings. The van der Waals surface area contributed by atoms with Gasteiger partial charge in [0, 0.05) is 13.7 Å². The van der Waals surface area contributed by atoms with E-state index in [9.17, 15) is 9.90 Å². The number of carbonyl (C=O) groups excluding carboxylic acids is 1. The SMILES string of the molecule is CCC(C)C(O)CNC(=O)c1sc(COC)nc1C. The number of amides is 1. The maximum atomic E-state index is 12.0. The summed E-state index contributed by atoms with van der Waals surface area (Å²) in [5.74, 6) is -0.00776. The van der Waals surface area contributed by atoms with Crippen LogP contribution >= 0.6 is 11.3 Å². The summed E-state index contributed by atoms with van der Waals surface area (Å²) in [6.45, 7) is 6.46. The van der Waals surface area contributed by atoms with E-state index in [4.69, 9.17) is 4.74 Å². The quantitative estimate of drug-likeness (QED) is 0.801. The van der Waals surface area contributed by atoms with Gasteiger partial charge in [0.15, 0.2) is 0 Å². The number of thiazole rings is 1. The first-order valence-corrected chi connectivity index (χ1v) is 7.22. The number of nitrogens with one attached hydrogen (secondary N) is 1. The van der Waals surface area contributed by atoms with Gasteiger partial charge in [-0.05, 0) is 12.8 Å². The van der Waals surface area contributed by atoms with Crippen molar-refractivity contribution in [3.63, 3.8) is 0 Å². The fraction of sp³-hybridized carbons (Fsp3) is 0.692. The molecule has 0 radical (unpaired) electrons. The molecule has 0 aliphatic heterocycles. The van der Waals surface area contributed by atoms with Gasteiger partial charge in [-0.15, -0.1) is 11.3 Å². The van der Waals surface area contributed by atoms with Crippen molar-refractivity contribution >= 4 is 17.2 Å². The summed E-state index contributed by atoms with van der Waals surface area (Å²) in [7, 11) is 1.60. The number of hydrogen-bond donors (Lipinski definition) is 2. The van der Waals surface area contributed by atoms with Crippen molar-refractivity contribution < 1.29 is 14.6 Å². The third-order valence-corrected chi connectivity index (χ3v) is 4.22. The van der Waals surface area contributed by atoms with Crippen LogP contribution in [0, 0.1) is 12.8 Å². The Labute approximate surface area is 118 Å². The van der Waals surface area contributed by atoms with E-state index in [1.807, 2.05) is 13.8 Å². The summed E-state index contributed by atoms with van der Waals surface area (Å²) in [6.07, 6.45) is 0.370. The molecule has 5 nitrogen and oxygen atoms in total. The molecule has 0 aliphatic carbocycles. The Morgan fingerprint density at radius 3 is 2.84 bits per heavy atom. The van der Waals surface area contributed by atoms with E-state index in [1.54, 1.807) is 14.0 Å². The third kappa shape index (κ3) is 4.56. The summed E-state index contributed by atoms with van der Waals surface area (Å²) in [5.41, 5.74) is 0.701. The monoisotopic (exact) mass is 286 g/mol. The molecule has 6 heteroatoms. The Bertz CT molecular complexity index is 420. The molecule has 1 aromatic heterocycles. The largest absolute Gasteiger partial charge is 0.391 e. The predicted octanol–water partition coefficient (Wildman–Crippen LogP) is 1.73. The zero-order valence-electron chi connectivity index (χ0n) is 11.9. The Morgan fingerprint density at radius 1 is 1.58 bits per heavy atom. The number of aryl methyl sites for hydroxylation is 1. The molecule has 2 unspecified atom stereocenters. The van der Waals surface area contributed by atoms with Crippen LogP contribution in [0.1, 0.15) is 40.6 Å². The number of methoxy groups -OCH3 is 1. The van der Waals surface area contributed by atoms with Crippen molar-refractivity contribution in [1.82, 2.24) is 10.3 Å². The van der Waals surface area contributed by atoms with Gasteiger partial charge in [0.25, 0.3) is 5.91 Å². The summed E-state index contributed by atoms with van der Waals surface area (Å²) < 4.78 is 5.00. The van der Waals surface area contributed by atoms with Gasteiger partial charge < -0.3 is 15.2 Å². The molecule has 0 aromatic carbocycles. The molecule has 0 aliphatic rings. The Kier molecular flexibility index (Phi) is 6.41. The molecule has 1 heterocycles. The van der Waals surface area contributed by atoms with E-state index >= 15 is 0 Å². The van der Waals surface area contributed by atoms with Gasteiger partial charge in [-0.3, -0.25) is 4.79 Å². The summed E-state index contributed by atoms with van der Waals surface area (Å²) in [6, 6.07) is 0. The molecular weight excluding hydrogens is 264 g/mol. The topological polar surface area (TPSA) is 71.5 Å². The average molecular weight is 286 g/mol. The van der Waals surface area contributed by atoms with Gasteiger partial charge in [-0.25, -0.2) is 4.98 Å². The minimum Gasteiger partial charge on any atom is -0.391 e. The lowest BCUT2D eigenvalue weighted by Crippen LogP contribution is -2.35. The molecule has 1 amide bonds. The lowest BCUT2D eigenvalue weighted by atomic mass is 10.0. The molecule has 0 saturated heterocycles. The number of nitrogens with zero attached hydrogens (tertiary/aromatic N) is 1. The van der Waals surface area contributed by atoms with Crippen molar-refractivity contribution in [3.8, 4) is 0 Å². The minimum atomic E-state index is -0.513. The first kappa shape index (κ1) is 16.1. The molecule has 0 saturated carbocycles. The van der Waals surface area contributed by atoms with E-state index in [-0.39, 0.29) is 18.4 Å². The van der Waals surface area contributed by atoms with Crippen molar-refractivity contribution in [1.29, 1.82) is 0 Å². The second-order valence-electron chi connectivity index (χ2n) is 4.62. The standard InChI is InChI=1S/C13H22N2O3S/c1-5-8(2)10(16)6-14-13(17)12-9(3)15-11(19-12)7-18-4/h8,10,16H,5-7H2,1-4H3,(H,14,17). The highest BCUT2D eigenvalue weighted by atomic mass is 32.1. The molecule has 108 valence electrons. The highest BCUT2D eigenvalue weighted by Crippen LogP contribution is 2.18. The van der Waals surface area contributed by atoms with Crippen LogP contribution in [0.3, 0.4) is 0 Å². The first-order valence-electron chi connectivity index (χ1n) is 6.41. The summed E-state index contributed by atoms with van der Waals surface area (Å²) >= 11 is 1.33. The third-order valence-electron chi connectivity index (χ3n) is 3.09. The highest BCUT2D eigenvalue weighted by Gasteiger charge is 2.18. The van der Waals surface area contributed by atoms with Crippen LogP contribution in [0.5, 0.6) is 0 Å². The van der Waals surface area contributed by atoms with Gasteiger partial charge in [-0.1, -0.05) is 20.3 Å². The molecule has 19 heavy (non-hydrogen) atoms. The zero-order chi connectivity index (χ0) is 14.4. The second kappa shape index (κ2) is 7.57. The fourth-order valence-electron chi connectivity index (χ4n) is 1.60. The van der Waals surface area contributed by atoms with Crippen molar-refractivity contribution in [3.05, 3.63) is 15.6 Å². The molecule has 0 fully saturated rings. The molecular formula is C13H22N2O3S. The van der Waals surface area contributed by atoms with Crippen LogP contribution in [0.25, 0.3) is 0 Å². The Hall–Kier alpha value is -0.980. The fourth-order valence-corrected chi connectivity index (χ4v) is 2.55. The predicted molar refractivity (Wildman–Crippen MR) is 75.4 cm³/mol. The number of aliphatic hydroxyl groups excluding tert-OH is 1. The number of carbonyl (C=O) groups is 1. The van der Waals surface area contributed by atoms with Crippen LogP contribution in [-0.4, -0.2) is 35.8 Å². The van der Waals surface area contributed by atoms with Crippen molar-refractivity contribution in [2.24, 2.45) is 5.92 Å². The van der Waals surface area contributed by atoms with Crippen LogP contribution in [0.15, 0.2) is 0 Å². The van der Waals surface area contributed by atoms with E-state index < -0.39 is 6.10 Å². The normalized spacial score (nSPS) is 14.2. The minimum absolute atomic E-state index is 0.173. The highest BCUT2D eigenvalue weighted by molar-refractivity contribution is 7.13. The van der Waals surface area contributed by atoms with Gasteiger partial charge >= 0.3 is 0 Å². The average Bonchev–Trinajstić information content (AvgIpc) is 2.76. The Morgan fingerprint density at radius 2 is 2.26 bits per heavy atom. The smallest absolute Gasteiger partial charge is 0.263 e. The van der Waals surface area contributed by atoms with Crippen LogP contribution < -0.4 is 5.32 Å². The van der Waals surface area contributed by atoms with E-state index in [2.05, 4.69) is 10.3 Å². The second-order valence-corrected chi connectivity index (χ2v) is 5.70. The van der Waals surface area contributed by atoms with Gasteiger partial charge in [0.05, 0.1) is 18.4 Å². The van der Waals surface area contributed by atoms with Crippen molar-refractivity contribution in [2.75, 3.05) is 13.7 Å². The van der Waals surface area contributed by atoms with Crippen LogP contribution in [0.2, 0.25) is 0 Å². The van der Waals surface area contributed by atoms with Gasteiger partial charge in [0.1, 0.15) is 9.88 Å². The van der Waals surface area contributed by atoms with E-state index in [1.165, 1.54) is 11.3 Å². The van der Waals surface area contributed by atoms with Gasteiger partial charge in [0.2, 0.25) is 0 Å². The van der Waals surface area contributed by atoms with Crippen LogP contribution in [-0.2, 0) is 11.3 Å². The number of aromatic nitrogens is 1. The zero-order valence-corrected chi connectivity index (χ0v) is 12.7. The molecule has 2 N–H and O–H groups in total. The summed E-state index contributed by atoms with van der Waals surface area (Å²) in [4.78, 5) is 16.9. The van der Waals surface area contributed by atoms with Crippen LogP contribution in [0.4, 0.5) is 0 Å². The molecule has 1 rings (SSSR count). The molecule has 0 spiro atoms. The maximum absolute atomic E-state index is 12.0. The molecule has 0 bridgehead atoms. The maximum Gasteiger partial charge on any atom is 0.263 e. The van der Waals surface area contributed by atoms with E-state index in [0.29, 0.717) is 17.2 Å².